The second-order valence-electron chi connectivity index (χ2n) is 7.64. The fourth-order valence-electron chi connectivity index (χ4n) is 2.00. The Balaban J connectivity index is 2.77. The summed E-state index contributed by atoms with van der Waals surface area (Å²) in [4.78, 5) is 15.2. The lowest BCUT2D eigenvalue weighted by atomic mass is 10.2. The Morgan fingerprint density at radius 1 is 1.46 bits per heavy atom. The van der Waals surface area contributed by atoms with Gasteiger partial charge in [-0.25, -0.2) is 5.32 Å². The molecule has 0 bridgehead atoms. The predicted octanol–water partition coefficient (Wildman–Crippen LogP) is 4.43. The predicted molar refractivity (Wildman–Crippen MR) is 102 cm³/mol. The third-order valence-electron chi connectivity index (χ3n) is 4.46. The van der Waals surface area contributed by atoms with E-state index in [9.17, 15) is 10.1 Å². The molecule has 0 fully saturated rings. The molecule has 0 aliphatic rings. The zero-order valence-electron chi connectivity index (χ0n) is 15.5. The molecule has 1 aromatic heterocycles. The summed E-state index contributed by atoms with van der Waals surface area (Å²) in [6.45, 7) is 15.1. The summed E-state index contributed by atoms with van der Waals surface area (Å²) in [7, 11) is -1.89. The highest BCUT2D eigenvalue weighted by Crippen LogP contribution is 2.37. The van der Waals surface area contributed by atoms with Gasteiger partial charge in [0.25, 0.3) is 0 Å². The average molecular weight is 418 g/mol. The molecule has 1 rings (SSSR count). The zero-order chi connectivity index (χ0) is 18.7. The van der Waals surface area contributed by atoms with Gasteiger partial charge in [-0.15, -0.1) is 0 Å². The first-order chi connectivity index (χ1) is 10.8. The van der Waals surface area contributed by atoms with Crippen molar-refractivity contribution in [2.75, 3.05) is 6.54 Å². The van der Waals surface area contributed by atoms with Gasteiger partial charge in [0.1, 0.15) is 5.69 Å². The van der Waals surface area contributed by atoms with Crippen molar-refractivity contribution < 1.29 is 9.35 Å². The summed E-state index contributed by atoms with van der Waals surface area (Å²) in [6, 6.07) is 1.73. The van der Waals surface area contributed by atoms with Crippen LogP contribution in [0.15, 0.2) is 16.7 Å². The van der Waals surface area contributed by atoms with E-state index in [2.05, 4.69) is 60.1 Å². The second-order valence-corrected chi connectivity index (χ2v) is 13.3. The van der Waals surface area contributed by atoms with Crippen LogP contribution in [0.5, 0.6) is 0 Å². The van der Waals surface area contributed by atoms with Crippen LogP contribution in [0.25, 0.3) is 0 Å². The number of pyridine rings is 1. The van der Waals surface area contributed by atoms with Crippen LogP contribution in [0.3, 0.4) is 0 Å². The third-order valence-corrected chi connectivity index (χ3v) is 9.89. The largest absolute Gasteiger partial charge is 0.413 e. The summed E-state index contributed by atoms with van der Waals surface area (Å²) < 4.78 is 7.07. The first-order valence-corrected chi connectivity index (χ1v) is 11.7. The molecule has 0 saturated heterocycles. The molecule has 8 heteroatoms. The molecule has 0 aliphatic carbocycles. The van der Waals surface area contributed by atoms with Crippen molar-refractivity contribution in [2.45, 2.75) is 65.0 Å². The van der Waals surface area contributed by atoms with E-state index in [4.69, 9.17) is 4.43 Å². The number of hydrogen-bond acceptors (Lipinski definition) is 5. The quantitative estimate of drug-likeness (QED) is 0.307. The van der Waals surface area contributed by atoms with E-state index in [1.165, 1.54) is 0 Å². The van der Waals surface area contributed by atoms with Crippen molar-refractivity contribution >= 4 is 24.2 Å². The van der Waals surface area contributed by atoms with Crippen molar-refractivity contribution in [1.82, 2.24) is 10.3 Å². The second kappa shape index (κ2) is 8.03. The lowest BCUT2D eigenvalue weighted by Crippen LogP contribution is -2.46. The first kappa shape index (κ1) is 21.2. The van der Waals surface area contributed by atoms with Crippen LogP contribution < -0.4 is 5.32 Å². The number of aryl methyl sites for hydroxylation is 1. The van der Waals surface area contributed by atoms with Crippen molar-refractivity contribution in [3.63, 3.8) is 0 Å². The van der Waals surface area contributed by atoms with Crippen LogP contribution in [-0.4, -0.2) is 30.9 Å². The lowest BCUT2D eigenvalue weighted by Gasteiger charge is -2.38. The Morgan fingerprint density at radius 3 is 2.50 bits per heavy atom. The SMILES string of the molecule is Cc1cc(C(NCC(C)O[Si](C)(C)C(C)(C)C)[N+](=O)[O-])ncc1Br. The molecule has 0 spiro atoms. The summed E-state index contributed by atoms with van der Waals surface area (Å²) in [5.74, 6) is 0. The summed E-state index contributed by atoms with van der Waals surface area (Å²) in [5.41, 5.74) is 1.32. The van der Waals surface area contributed by atoms with E-state index in [1.807, 2.05) is 13.8 Å². The van der Waals surface area contributed by atoms with Crippen LogP contribution in [0, 0.1) is 17.0 Å². The molecule has 1 N–H and O–H groups in total. The Bertz CT molecular complexity index is 590. The Kier molecular flexibility index (Phi) is 7.10. The van der Waals surface area contributed by atoms with E-state index in [0.29, 0.717) is 12.2 Å². The van der Waals surface area contributed by atoms with Gasteiger partial charge in [0.15, 0.2) is 8.32 Å². The minimum atomic E-state index is -1.89. The molecule has 2 unspecified atom stereocenters. The first-order valence-electron chi connectivity index (χ1n) is 8.02. The maximum atomic E-state index is 11.4. The number of rotatable bonds is 7. The van der Waals surface area contributed by atoms with E-state index >= 15 is 0 Å². The topological polar surface area (TPSA) is 77.3 Å². The van der Waals surface area contributed by atoms with Crippen molar-refractivity contribution in [2.24, 2.45) is 0 Å². The number of nitro groups is 1. The minimum Gasteiger partial charge on any atom is -0.413 e. The summed E-state index contributed by atoms with van der Waals surface area (Å²) >= 11 is 3.36. The van der Waals surface area contributed by atoms with Gasteiger partial charge >= 0.3 is 6.17 Å². The van der Waals surface area contributed by atoms with Gasteiger partial charge in [-0.2, -0.15) is 0 Å². The highest BCUT2D eigenvalue weighted by Gasteiger charge is 2.38. The molecule has 0 amide bonds. The molecule has 6 nitrogen and oxygen atoms in total. The highest BCUT2D eigenvalue weighted by molar-refractivity contribution is 9.10. The highest BCUT2D eigenvalue weighted by atomic mass is 79.9. The number of nitrogens with zero attached hydrogens (tertiary/aromatic N) is 2. The summed E-state index contributed by atoms with van der Waals surface area (Å²) in [6.07, 6.45) is 0.449. The number of hydrogen-bond donors (Lipinski definition) is 1. The van der Waals surface area contributed by atoms with Gasteiger partial charge in [-0.3, -0.25) is 15.1 Å². The van der Waals surface area contributed by atoms with E-state index in [1.54, 1.807) is 12.3 Å². The van der Waals surface area contributed by atoms with Crippen LogP contribution in [0.2, 0.25) is 18.1 Å². The Hall–Kier alpha value is -0.833. The maximum Gasteiger partial charge on any atom is 0.308 e. The van der Waals surface area contributed by atoms with E-state index in [-0.39, 0.29) is 16.1 Å². The smallest absolute Gasteiger partial charge is 0.308 e. The standard InChI is InChI=1S/C16H28BrN3O3Si/c1-11-8-14(18-10-13(11)17)15(20(21)22)19-9-12(2)23-24(6,7)16(3,4)5/h8,10,12,15,19H,9H2,1-7H3. The number of aromatic nitrogens is 1. The zero-order valence-corrected chi connectivity index (χ0v) is 18.1. The van der Waals surface area contributed by atoms with Crippen LogP contribution >= 0.6 is 15.9 Å². The van der Waals surface area contributed by atoms with Gasteiger partial charge in [0.2, 0.25) is 0 Å². The minimum absolute atomic E-state index is 0.105. The van der Waals surface area contributed by atoms with Crippen LogP contribution in [0.1, 0.15) is 45.1 Å². The van der Waals surface area contributed by atoms with Gasteiger partial charge in [0, 0.05) is 22.1 Å². The molecule has 0 aliphatic heterocycles. The number of halogens is 1. The Morgan fingerprint density at radius 2 is 2.04 bits per heavy atom. The normalized spacial score (nSPS) is 15.2. The molecular weight excluding hydrogens is 390 g/mol. The molecular formula is C16H28BrN3O3Si. The third kappa shape index (κ3) is 5.61. The molecule has 1 aromatic rings. The molecule has 136 valence electrons. The molecule has 2 atom stereocenters. The lowest BCUT2D eigenvalue weighted by molar-refractivity contribution is -0.537. The van der Waals surface area contributed by atoms with Gasteiger partial charge in [-0.1, -0.05) is 20.8 Å². The van der Waals surface area contributed by atoms with Gasteiger partial charge in [0.05, 0.1) is 6.10 Å². The van der Waals surface area contributed by atoms with Crippen molar-refractivity contribution in [1.29, 1.82) is 0 Å². The molecule has 0 saturated carbocycles. The number of nitrogens with one attached hydrogen (secondary N) is 1. The van der Waals surface area contributed by atoms with Crippen LogP contribution in [0.4, 0.5) is 0 Å². The Labute approximate surface area is 153 Å². The molecule has 0 radical (unpaired) electrons. The van der Waals surface area contributed by atoms with Crippen LogP contribution in [-0.2, 0) is 4.43 Å². The molecule has 1 heterocycles. The van der Waals surface area contributed by atoms with Crippen molar-refractivity contribution in [3.8, 4) is 0 Å². The van der Waals surface area contributed by atoms with E-state index in [0.717, 1.165) is 10.0 Å². The van der Waals surface area contributed by atoms with Gasteiger partial charge < -0.3 is 4.43 Å². The fourth-order valence-corrected chi connectivity index (χ4v) is 3.66. The summed E-state index contributed by atoms with van der Waals surface area (Å²) in [5, 5.41) is 14.5. The van der Waals surface area contributed by atoms with Gasteiger partial charge in [-0.05, 0) is 59.5 Å². The molecule has 24 heavy (non-hydrogen) atoms. The average Bonchev–Trinajstić information content (AvgIpc) is 2.40. The van der Waals surface area contributed by atoms with Crippen molar-refractivity contribution in [3.05, 3.63) is 38.1 Å². The molecule has 0 aromatic carbocycles. The monoisotopic (exact) mass is 417 g/mol. The maximum absolute atomic E-state index is 11.4. The fraction of sp³-hybridized carbons (Fsp3) is 0.688. The van der Waals surface area contributed by atoms with E-state index < -0.39 is 14.5 Å².